The van der Waals surface area contributed by atoms with Gasteiger partial charge in [-0.2, -0.15) is 17.4 Å². The summed E-state index contributed by atoms with van der Waals surface area (Å²) < 4.78 is 50.4. The predicted octanol–water partition coefficient (Wildman–Crippen LogP) is 1.90. The third-order valence-electron chi connectivity index (χ3n) is 4.56. The number of sulfonamides is 1. The number of primary sulfonamides is 1. The number of nitrogens with one attached hydrogen (secondary N) is 2. The molecule has 0 spiro atoms. The Morgan fingerprint density at radius 1 is 1.03 bits per heavy atom. The molecule has 0 aliphatic carbocycles. The standard InChI is InChI=1S/C20H24N6O4S2.H3N/c1-14-12-22-20(24-17-5-4-6-18(11-17)31(21,27)28)25-19(14)16-9-7-15(8-10-16)13-23-32(29,30)26(2)3;/h4-12,23H,13H2,1-3H3,(H2,21,27,28)(H,22,24,25);1H3. The molecule has 0 aliphatic heterocycles. The maximum absolute atomic E-state index is 11.9. The molecule has 0 bridgehead atoms. The minimum absolute atomic E-state index is 0. The van der Waals surface area contributed by atoms with Gasteiger partial charge >= 0.3 is 0 Å². The van der Waals surface area contributed by atoms with Crippen molar-refractivity contribution >= 4 is 31.9 Å². The maximum atomic E-state index is 11.9. The van der Waals surface area contributed by atoms with Crippen LogP contribution in [0, 0.1) is 6.92 Å². The van der Waals surface area contributed by atoms with Crippen LogP contribution in [0.2, 0.25) is 0 Å². The van der Waals surface area contributed by atoms with Crippen molar-refractivity contribution in [2.45, 2.75) is 18.4 Å². The summed E-state index contributed by atoms with van der Waals surface area (Å²) >= 11 is 0. The zero-order chi connectivity index (χ0) is 23.5. The monoisotopic (exact) mass is 493 g/mol. The number of aryl methyl sites for hydroxylation is 1. The molecule has 3 rings (SSSR count). The molecule has 11 nitrogen and oxygen atoms in total. The van der Waals surface area contributed by atoms with E-state index >= 15 is 0 Å². The third-order valence-corrected chi connectivity index (χ3v) is 6.94. The van der Waals surface area contributed by atoms with E-state index in [4.69, 9.17) is 5.14 Å². The summed E-state index contributed by atoms with van der Waals surface area (Å²) in [6, 6.07) is 13.4. The topological polar surface area (TPSA) is 182 Å². The first-order chi connectivity index (χ1) is 15.0. The molecule has 178 valence electrons. The van der Waals surface area contributed by atoms with E-state index < -0.39 is 20.2 Å². The van der Waals surface area contributed by atoms with Gasteiger partial charge < -0.3 is 11.5 Å². The molecule has 13 heteroatoms. The molecule has 33 heavy (non-hydrogen) atoms. The number of aromatic nitrogens is 2. The first kappa shape index (κ1) is 26.3. The van der Waals surface area contributed by atoms with E-state index in [2.05, 4.69) is 20.0 Å². The molecule has 1 aromatic heterocycles. The molecule has 2 aromatic carbocycles. The molecular weight excluding hydrogens is 466 g/mol. The van der Waals surface area contributed by atoms with Crippen molar-refractivity contribution in [2.75, 3.05) is 19.4 Å². The number of rotatable bonds is 8. The van der Waals surface area contributed by atoms with Crippen molar-refractivity contribution < 1.29 is 16.8 Å². The second-order valence-electron chi connectivity index (χ2n) is 7.23. The molecule has 0 saturated carbocycles. The summed E-state index contributed by atoms with van der Waals surface area (Å²) in [5.74, 6) is 0.292. The van der Waals surface area contributed by atoms with Gasteiger partial charge in [-0.3, -0.25) is 0 Å². The summed E-state index contributed by atoms with van der Waals surface area (Å²) in [7, 11) is -4.41. The molecule has 0 radical (unpaired) electrons. The largest absolute Gasteiger partial charge is 0.344 e. The quantitative estimate of drug-likeness (QED) is 0.367. The van der Waals surface area contributed by atoms with Crippen molar-refractivity contribution in [3.63, 3.8) is 0 Å². The molecular formula is C20H27N7O4S2. The van der Waals surface area contributed by atoms with Gasteiger partial charge in [0.15, 0.2) is 0 Å². The molecule has 3 aromatic rings. The molecule has 0 fully saturated rings. The van der Waals surface area contributed by atoms with Gasteiger partial charge in [0.05, 0.1) is 10.6 Å². The van der Waals surface area contributed by atoms with Gasteiger partial charge in [0.25, 0.3) is 10.2 Å². The van der Waals surface area contributed by atoms with Crippen LogP contribution in [0.5, 0.6) is 0 Å². The van der Waals surface area contributed by atoms with E-state index in [1.54, 1.807) is 18.3 Å². The summed E-state index contributed by atoms with van der Waals surface area (Å²) in [5.41, 5.74) is 3.63. The van der Waals surface area contributed by atoms with Crippen molar-refractivity contribution in [3.8, 4) is 11.3 Å². The Bertz CT molecular complexity index is 1330. The average Bonchev–Trinajstić information content (AvgIpc) is 2.74. The van der Waals surface area contributed by atoms with E-state index in [1.807, 2.05) is 31.2 Å². The van der Waals surface area contributed by atoms with Crippen molar-refractivity contribution in [2.24, 2.45) is 5.14 Å². The molecule has 0 unspecified atom stereocenters. The Morgan fingerprint density at radius 3 is 2.30 bits per heavy atom. The number of nitrogens with zero attached hydrogens (tertiary/aromatic N) is 3. The number of nitrogens with two attached hydrogens (primary N) is 1. The number of benzene rings is 2. The first-order valence-electron chi connectivity index (χ1n) is 9.46. The highest BCUT2D eigenvalue weighted by atomic mass is 32.2. The Kier molecular flexibility index (Phi) is 8.24. The van der Waals surface area contributed by atoms with Crippen molar-refractivity contribution in [1.82, 2.24) is 25.1 Å². The molecule has 1 heterocycles. The highest BCUT2D eigenvalue weighted by Gasteiger charge is 2.13. The molecule has 0 aliphatic rings. The number of anilines is 2. The van der Waals surface area contributed by atoms with Crippen LogP contribution in [0.25, 0.3) is 11.3 Å². The van der Waals surface area contributed by atoms with Crippen molar-refractivity contribution in [1.29, 1.82) is 0 Å². The summed E-state index contributed by atoms with van der Waals surface area (Å²) in [6.45, 7) is 2.04. The molecule has 7 N–H and O–H groups in total. The fourth-order valence-corrected chi connectivity index (χ4v) is 3.93. The van der Waals surface area contributed by atoms with Crippen LogP contribution < -0.4 is 21.3 Å². The Morgan fingerprint density at radius 2 is 1.70 bits per heavy atom. The summed E-state index contributed by atoms with van der Waals surface area (Å²) in [6.07, 6.45) is 1.66. The average molecular weight is 494 g/mol. The van der Waals surface area contributed by atoms with E-state index in [0.717, 1.165) is 21.0 Å². The van der Waals surface area contributed by atoms with Gasteiger partial charge in [0.1, 0.15) is 0 Å². The normalized spacial score (nSPS) is 11.8. The Hall–Kier alpha value is -2.94. The van der Waals surface area contributed by atoms with Crippen LogP contribution in [-0.2, 0) is 26.8 Å². The summed E-state index contributed by atoms with van der Waals surface area (Å²) in [5, 5.41) is 8.17. The zero-order valence-corrected chi connectivity index (χ0v) is 20.1. The van der Waals surface area contributed by atoms with Gasteiger partial charge in [-0.1, -0.05) is 30.3 Å². The Labute approximate surface area is 193 Å². The van der Waals surface area contributed by atoms with E-state index in [1.165, 1.54) is 26.2 Å². The van der Waals surface area contributed by atoms with E-state index in [-0.39, 0.29) is 17.6 Å². The molecule has 0 saturated heterocycles. The van der Waals surface area contributed by atoms with Crippen molar-refractivity contribution in [3.05, 3.63) is 65.9 Å². The van der Waals surface area contributed by atoms with E-state index in [9.17, 15) is 16.8 Å². The SMILES string of the molecule is Cc1cnc(Nc2cccc(S(N)(=O)=O)c2)nc1-c1ccc(CNS(=O)(=O)N(C)C)cc1.N. The van der Waals surface area contributed by atoms with Gasteiger partial charge in [-0.15, -0.1) is 0 Å². The lowest BCUT2D eigenvalue weighted by Crippen LogP contribution is -2.35. The lowest BCUT2D eigenvalue weighted by molar-refractivity contribution is 0.505. The minimum Gasteiger partial charge on any atom is -0.344 e. The Balaban J connectivity index is 0.00000385. The predicted molar refractivity (Wildman–Crippen MR) is 128 cm³/mol. The number of hydrogen-bond donors (Lipinski definition) is 4. The number of hydrogen-bond acceptors (Lipinski definition) is 8. The summed E-state index contributed by atoms with van der Waals surface area (Å²) in [4.78, 5) is 8.79. The van der Waals surface area contributed by atoms with E-state index in [0.29, 0.717) is 17.3 Å². The van der Waals surface area contributed by atoms with Crippen LogP contribution in [0.4, 0.5) is 11.6 Å². The van der Waals surface area contributed by atoms with Crippen LogP contribution in [0.15, 0.2) is 59.6 Å². The second-order valence-corrected chi connectivity index (χ2v) is 10.8. The third kappa shape index (κ3) is 6.77. The fraction of sp³-hybridized carbons (Fsp3) is 0.200. The lowest BCUT2D eigenvalue weighted by Gasteiger charge is -2.13. The van der Waals surface area contributed by atoms with Gasteiger partial charge in [0, 0.05) is 38.1 Å². The first-order valence-corrected chi connectivity index (χ1v) is 12.4. The molecule has 0 atom stereocenters. The van der Waals surface area contributed by atoms with Gasteiger partial charge in [-0.25, -0.2) is 23.5 Å². The van der Waals surface area contributed by atoms with Gasteiger partial charge in [0.2, 0.25) is 16.0 Å². The lowest BCUT2D eigenvalue weighted by atomic mass is 10.1. The second kappa shape index (κ2) is 10.3. The highest BCUT2D eigenvalue weighted by molar-refractivity contribution is 7.89. The van der Waals surface area contributed by atoms with Crippen LogP contribution in [0.3, 0.4) is 0 Å². The zero-order valence-electron chi connectivity index (χ0n) is 18.5. The maximum Gasteiger partial charge on any atom is 0.279 e. The minimum atomic E-state index is -3.82. The van der Waals surface area contributed by atoms with Crippen LogP contribution in [0.1, 0.15) is 11.1 Å². The highest BCUT2D eigenvalue weighted by Crippen LogP contribution is 2.24. The fourth-order valence-electron chi connectivity index (χ4n) is 2.76. The molecule has 0 amide bonds. The smallest absolute Gasteiger partial charge is 0.279 e. The van der Waals surface area contributed by atoms with Gasteiger partial charge in [-0.05, 0) is 36.2 Å². The van der Waals surface area contributed by atoms with Crippen LogP contribution in [-0.4, -0.2) is 45.2 Å². The van der Waals surface area contributed by atoms with Crippen LogP contribution >= 0.6 is 0 Å².